The Morgan fingerprint density at radius 1 is 0.875 bits per heavy atom. The van der Waals surface area contributed by atoms with Crippen molar-refractivity contribution < 1.29 is 23.8 Å². The maximum atomic E-state index is 13.5. The molecule has 12 heteroatoms. The van der Waals surface area contributed by atoms with Crippen molar-refractivity contribution in [2.24, 2.45) is 5.92 Å². The lowest BCUT2D eigenvalue weighted by Crippen LogP contribution is -2.30. The van der Waals surface area contributed by atoms with Crippen LogP contribution in [0.2, 0.25) is 0 Å². The van der Waals surface area contributed by atoms with E-state index in [0.717, 1.165) is 5.56 Å². The minimum Gasteiger partial charge on any atom is -0.394 e. The number of anilines is 3. The number of halogens is 1. The van der Waals surface area contributed by atoms with Crippen molar-refractivity contribution >= 4 is 23.8 Å². The van der Waals surface area contributed by atoms with Crippen LogP contribution in [-0.2, 0) is 16.0 Å². The minimum atomic E-state index is -0.317. The van der Waals surface area contributed by atoms with Crippen molar-refractivity contribution in [2.45, 2.75) is 26.4 Å². The van der Waals surface area contributed by atoms with Crippen LogP contribution in [0.5, 0.6) is 0 Å². The van der Waals surface area contributed by atoms with Crippen molar-refractivity contribution in [1.82, 2.24) is 20.3 Å². The van der Waals surface area contributed by atoms with Crippen LogP contribution < -0.4 is 21.3 Å². The van der Waals surface area contributed by atoms with Gasteiger partial charge < -0.3 is 35.8 Å². The SMILES string of the molecule is CC(C)[C@H](CO)Nc1nc(NCCOCCOCCNC(=O)c2ccccc2)nc(NCc2cccc(F)c2)n1. The molecule has 0 spiro atoms. The van der Waals surface area contributed by atoms with Gasteiger partial charge in [0.2, 0.25) is 17.8 Å². The maximum Gasteiger partial charge on any atom is 0.251 e. The van der Waals surface area contributed by atoms with Crippen molar-refractivity contribution in [3.63, 3.8) is 0 Å². The highest BCUT2D eigenvalue weighted by molar-refractivity contribution is 5.94. The Morgan fingerprint density at radius 2 is 1.55 bits per heavy atom. The zero-order valence-electron chi connectivity index (χ0n) is 22.9. The van der Waals surface area contributed by atoms with Gasteiger partial charge in [-0.05, 0) is 35.7 Å². The van der Waals surface area contributed by atoms with Gasteiger partial charge in [-0.25, -0.2) is 4.39 Å². The van der Waals surface area contributed by atoms with E-state index in [0.29, 0.717) is 69.5 Å². The molecule has 0 saturated carbocycles. The summed E-state index contributed by atoms with van der Waals surface area (Å²) in [5.41, 5.74) is 1.36. The highest BCUT2D eigenvalue weighted by Gasteiger charge is 2.15. The van der Waals surface area contributed by atoms with Gasteiger partial charge in [0.15, 0.2) is 0 Å². The molecule has 216 valence electrons. The molecule has 1 aromatic heterocycles. The molecular formula is C28H38FN7O4. The topological polar surface area (TPSA) is 143 Å². The molecule has 5 N–H and O–H groups in total. The molecular weight excluding hydrogens is 517 g/mol. The maximum absolute atomic E-state index is 13.5. The Hall–Kier alpha value is -3.87. The molecule has 0 bridgehead atoms. The van der Waals surface area contributed by atoms with Crippen LogP contribution in [0.4, 0.5) is 22.2 Å². The molecule has 2 aromatic carbocycles. The fourth-order valence-corrected chi connectivity index (χ4v) is 3.50. The molecule has 1 heterocycles. The fourth-order valence-electron chi connectivity index (χ4n) is 3.50. The second-order valence-corrected chi connectivity index (χ2v) is 9.24. The summed E-state index contributed by atoms with van der Waals surface area (Å²) < 4.78 is 24.6. The Balaban J connectivity index is 1.40. The first kappa shape index (κ1) is 30.7. The molecule has 0 aliphatic rings. The summed E-state index contributed by atoms with van der Waals surface area (Å²) in [4.78, 5) is 25.2. The van der Waals surface area contributed by atoms with Crippen LogP contribution in [0.15, 0.2) is 54.6 Å². The van der Waals surface area contributed by atoms with Crippen molar-refractivity contribution in [3.05, 3.63) is 71.5 Å². The third-order valence-electron chi connectivity index (χ3n) is 5.76. The number of ether oxygens (including phenoxy) is 2. The van der Waals surface area contributed by atoms with Gasteiger partial charge in [0.25, 0.3) is 5.91 Å². The number of hydrogen-bond acceptors (Lipinski definition) is 10. The Labute approximate surface area is 233 Å². The lowest BCUT2D eigenvalue weighted by molar-refractivity contribution is 0.0519. The molecule has 0 radical (unpaired) electrons. The Kier molecular flexibility index (Phi) is 13.0. The van der Waals surface area contributed by atoms with Crippen LogP contribution in [0, 0.1) is 11.7 Å². The fraction of sp³-hybridized carbons (Fsp3) is 0.429. The molecule has 0 saturated heterocycles. The van der Waals surface area contributed by atoms with Crippen molar-refractivity contribution in [3.8, 4) is 0 Å². The van der Waals surface area contributed by atoms with Crippen LogP contribution in [-0.4, -0.2) is 78.1 Å². The third-order valence-corrected chi connectivity index (χ3v) is 5.76. The number of aliphatic hydroxyl groups is 1. The molecule has 0 aliphatic heterocycles. The van der Waals surface area contributed by atoms with Gasteiger partial charge >= 0.3 is 0 Å². The Morgan fingerprint density at radius 3 is 2.23 bits per heavy atom. The lowest BCUT2D eigenvalue weighted by atomic mass is 10.1. The second-order valence-electron chi connectivity index (χ2n) is 9.24. The van der Waals surface area contributed by atoms with E-state index in [1.54, 1.807) is 24.3 Å². The van der Waals surface area contributed by atoms with Crippen LogP contribution in [0.3, 0.4) is 0 Å². The predicted octanol–water partition coefficient (Wildman–Crippen LogP) is 2.93. The highest BCUT2D eigenvalue weighted by Crippen LogP contribution is 2.14. The quantitative estimate of drug-likeness (QED) is 0.149. The Bertz CT molecular complexity index is 1170. The van der Waals surface area contributed by atoms with E-state index in [1.807, 2.05) is 32.0 Å². The molecule has 11 nitrogen and oxygen atoms in total. The van der Waals surface area contributed by atoms with Gasteiger partial charge in [-0.15, -0.1) is 0 Å². The smallest absolute Gasteiger partial charge is 0.251 e. The van der Waals surface area contributed by atoms with Crippen LogP contribution in [0.25, 0.3) is 0 Å². The monoisotopic (exact) mass is 555 g/mol. The zero-order valence-corrected chi connectivity index (χ0v) is 22.9. The largest absolute Gasteiger partial charge is 0.394 e. The average Bonchev–Trinajstić information content (AvgIpc) is 2.96. The van der Waals surface area contributed by atoms with Crippen LogP contribution in [0.1, 0.15) is 29.8 Å². The standard InChI is InChI=1S/C28H38FN7O4/c1-20(2)24(19-37)33-28-35-26(34-27(36-28)32-18-21-7-6-10-23(29)17-21)31-12-14-40-16-15-39-13-11-30-25(38)22-8-4-3-5-9-22/h3-10,17,20,24,37H,11-16,18-19H2,1-2H3,(H,30,38)(H3,31,32,33,34,35,36)/t24-/m0/s1. The summed E-state index contributed by atoms with van der Waals surface area (Å²) in [6.07, 6.45) is 0. The number of nitrogens with zero attached hydrogens (tertiary/aromatic N) is 3. The zero-order chi connectivity index (χ0) is 28.6. The van der Waals surface area contributed by atoms with Gasteiger partial charge in [-0.3, -0.25) is 4.79 Å². The van der Waals surface area contributed by atoms with E-state index in [9.17, 15) is 14.3 Å². The third kappa shape index (κ3) is 11.1. The summed E-state index contributed by atoms with van der Waals surface area (Å²) in [5.74, 6) is 0.639. The summed E-state index contributed by atoms with van der Waals surface area (Å²) in [7, 11) is 0. The van der Waals surface area contributed by atoms with Crippen LogP contribution >= 0.6 is 0 Å². The molecule has 40 heavy (non-hydrogen) atoms. The van der Waals surface area contributed by atoms with Gasteiger partial charge in [0, 0.05) is 25.2 Å². The predicted molar refractivity (Wildman–Crippen MR) is 152 cm³/mol. The summed E-state index contributed by atoms with van der Waals surface area (Å²) in [6.45, 7) is 6.64. The van der Waals surface area contributed by atoms with E-state index < -0.39 is 0 Å². The van der Waals surface area contributed by atoms with Gasteiger partial charge in [0.05, 0.1) is 39.1 Å². The van der Waals surface area contributed by atoms with Gasteiger partial charge in [-0.1, -0.05) is 44.2 Å². The number of carbonyl (C=O) groups excluding carboxylic acids is 1. The van der Waals surface area contributed by atoms with Crippen molar-refractivity contribution in [2.75, 3.05) is 62.1 Å². The average molecular weight is 556 g/mol. The molecule has 0 fully saturated rings. The number of amides is 1. The number of aromatic nitrogens is 3. The number of benzene rings is 2. The van der Waals surface area contributed by atoms with E-state index >= 15 is 0 Å². The minimum absolute atomic E-state index is 0.0759. The van der Waals surface area contributed by atoms with E-state index in [2.05, 4.69) is 36.2 Å². The molecule has 0 aliphatic carbocycles. The molecule has 3 rings (SSSR count). The number of hydrogen-bond donors (Lipinski definition) is 5. The lowest BCUT2D eigenvalue weighted by Gasteiger charge is -2.20. The second kappa shape index (κ2) is 17.0. The molecule has 3 aromatic rings. The number of rotatable bonds is 18. The first-order chi connectivity index (χ1) is 19.4. The molecule has 0 unspecified atom stereocenters. The normalized spacial score (nSPS) is 11.7. The van der Waals surface area contributed by atoms with E-state index in [1.165, 1.54) is 12.1 Å². The summed E-state index contributed by atoms with van der Waals surface area (Å²) in [5, 5.41) is 21.8. The molecule has 1 atom stereocenters. The van der Waals surface area contributed by atoms with Gasteiger partial charge in [0.1, 0.15) is 5.82 Å². The first-order valence-electron chi connectivity index (χ1n) is 13.3. The number of nitrogens with one attached hydrogen (secondary N) is 4. The summed E-state index contributed by atoms with van der Waals surface area (Å²) in [6, 6.07) is 15.1. The molecule has 1 amide bonds. The number of aliphatic hydroxyl groups excluding tert-OH is 1. The van der Waals surface area contributed by atoms with E-state index in [-0.39, 0.29) is 30.3 Å². The van der Waals surface area contributed by atoms with E-state index in [4.69, 9.17) is 9.47 Å². The van der Waals surface area contributed by atoms with Gasteiger partial charge in [-0.2, -0.15) is 15.0 Å². The van der Waals surface area contributed by atoms with Crippen molar-refractivity contribution in [1.29, 1.82) is 0 Å². The summed E-state index contributed by atoms with van der Waals surface area (Å²) >= 11 is 0. The first-order valence-corrected chi connectivity index (χ1v) is 13.3. The number of carbonyl (C=O) groups is 1. The highest BCUT2D eigenvalue weighted by atomic mass is 19.1.